The van der Waals surface area contributed by atoms with Crippen LogP contribution in [-0.4, -0.2) is 20.4 Å². The molecule has 1 N–H and O–H groups in total. The SMILES string of the molecule is O=C(Nc1nsnc1-c1ccc(Cl)cc1)C(=O)c1ccc(Cl)cc1. The van der Waals surface area contributed by atoms with Crippen LogP contribution in [0.3, 0.4) is 0 Å². The van der Waals surface area contributed by atoms with Crippen molar-refractivity contribution in [2.75, 3.05) is 5.32 Å². The molecule has 1 amide bonds. The fraction of sp³-hybridized carbons (Fsp3) is 0. The molecule has 3 aromatic rings. The van der Waals surface area contributed by atoms with Gasteiger partial charge in [0, 0.05) is 21.2 Å². The number of carbonyl (C=O) groups is 2. The van der Waals surface area contributed by atoms with Gasteiger partial charge in [-0.1, -0.05) is 35.3 Å². The molecule has 0 atom stereocenters. The Morgan fingerprint density at radius 2 is 1.46 bits per heavy atom. The van der Waals surface area contributed by atoms with E-state index in [0.717, 1.165) is 17.3 Å². The van der Waals surface area contributed by atoms with Crippen LogP contribution in [0.2, 0.25) is 10.0 Å². The molecule has 0 aliphatic heterocycles. The van der Waals surface area contributed by atoms with Gasteiger partial charge in [0.1, 0.15) is 5.69 Å². The van der Waals surface area contributed by atoms with Crippen molar-refractivity contribution in [1.82, 2.24) is 8.75 Å². The van der Waals surface area contributed by atoms with Crippen LogP contribution in [0.25, 0.3) is 11.3 Å². The molecule has 1 heterocycles. The summed E-state index contributed by atoms with van der Waals surface area (Å²) in [5.41, 5.74) is 1.46. The Morgan fingerprint density at radius 1 is 0.875 bits per heavy atom. The number of hydrogen-bond acceptors (Lipinski definition) is 5. The van der Waals surface area contributed by atoms with Crippen LogP contribution in [0.5, 0.6) is 0 Å². The first kappa shape index (κ1) is 16.6. The van der Waals surface area contributed by atoms with Crippen LogP contribution in [0.15, 0.2) is 48.5 Å². The molecule has 0 unspecified atom stereocenters. The molecule has 24 heavy (non-hydrogen) atoms. The first-order valence-electron chi connectivity index (χ1n) is 6.74. The average molecular weight is 378 g/mol. The molecule has 0 spiro atoms. The maximum atomic E-state index is 12.2. The summed E-state index contributed by atoms with van der Waals surface area (Å²) in [6.07, 6.45) is 0. The number of nitrogens with one attached hydrogen (secondary N) is 1. The van der Waals surface area contributed by atoms with Crippen molar-refractivity contribution in [3.8, 4) is 11.3 Å². The Morgan fingerprint density at radius 3 is 2.08 bits per heavy atom. The second-order valence-corrected chi connectivity index (χ2v) is 6.16. The molecule has 0 fully saturated rings. The number of rotatable bonds is 4. The zero-order valence-corrected chi connectivity index (χ0v) is 14.3. The van der Waals surface area contributed by atoms with Gasteiger partial charge in [-0.15, -0.1) is 0 Å². The van der Waals surface area contributed by atoms with E-state index in [1.807, 2.05) is 0 Å². The standard InChI is InChI=1S/C16H9Cl2N3O2S/c17-11-5-1-9(2-6-11)13-15(21-24-20-13)19-16(23)14(22)10-3-7-12(18)8-4-10/h1-8H,(H,19,21,23). The average Bonchev–Trinajstić information content (AvgIpc) is 3.03. The molecule has 0 saturated heterocycles. The summed E-state index contributed by atoms with van der Waals surface area (Å²) >= 11 is 12.6. The van der Waals surface area contributed by atoms with E-state index in [4.69, 9.17) is 23.2 Å². The lowest BCUT2D eigenvalue weighted by molar-refractivity contribution is -0.112. The summed E-state index contributed by atoms with van der Waals surface area (Å²) in [5, 5.41) is 3.57. The van der Waals surface area contributed by atoms with Gasteiger partial charge in [-0.25, -0.2) is 0 Å². The Bertz CT molecular complexity index is 892. The quantitative estimate of drug-likeness (QED) is 0.542. The number of hydrogen-bond donors (Lipinski definition) is 1. The number of ketones is 1. The molecule has 0 aliphatic rings. The Labute approximate surface area is 151 Å². The third-order valence-corrected chi connectivity index (χ3v) is 4.18. The van der Waals surface area contributed by atoms with Crippen molar-refractivity contribution in [3.63, 3.8) is 0 Å². The van der Waals surface area contributed by atoms with Gasteiger partial charge in [-0.3, -0.25) is 9.59 Å². The zero-order valence-electron chi connectivity index (χ0n) is 12.0. The molecule has 0 saturated carbocycles. The summed E-state index contributed by atoms with van der Waals surface area (Å²) in [6.45, 7) is 0. The van der Waals surface area contributed by atoms with Gasteiger partial charge >= 0.3 is 0 Å². The van der Waals surface area contributed by atoms with Crippen LogP contribution < -0.4 is 5.32 Å². The summed E-state index contributed by atoms with van der Waals surface area (Å²) in [7, 11) is 0. The van der Waals surface area contributed by atoms with Crippen LogP contribution in [-0.2, 0) is 4.79 Å². The smallest absolute Gasteiger partial charge is 0.298 e. The molecule has 0 aliphatic carbocycles. The summed E-state index contributed by atoms with van der Waals surface area (Å²) in [6, 6.07) is 13.0. The molecule has 0 radical (unpaired) electrons. The minimum absolute atomic E-state index is 0.231. The van der Waals surface area contributed by atoms with E-state index >= 15 is 0 Å². The number of anilines is 1. The number of carbonyl (C=O) groups excluding carboxylic acids is 2. The van der Waals surface area contributed by atoms with Crippen LogP contribution >= 0.6 is 34.9 Å². The predicted molar refractivity (Wildman–Crippen MR) is 94.8 cm³/mol. The van der Waals surface area contributed by atoms with Crippen molar-refractivity contribution in [1.29, 1.82) is 0 Å². The van der Waals surface area contributed by atoms with Crippen LogP contribution in [0.1, 0.15) is 10.4 Å². The number of benzene rings is 2. The second-order valence-electron chi connectivity index (χ2n) is 4.76. The third kappa shape index (κ3) is 3.62. The van der Waals surface area contributed by atoms with Gasteiger partial charge in [0.05, 0.1) is 11.7 Å². The normalized spacial score (nSPS) is 10.4. The summed E-state index contributed by atoms with van der Waals surface area (Å²) < 4.78 is 8.19. The van der Waals surface area contributed by atoms with Gasteiger partial charge in [-0.05, 0) is 36.4 Å². The van der Waals surface area contributed by atoms with E-state index in [0.29, 0.717) is 15.7 Å². The van der Waals surface area contributed by atoms with Gasteiger partial charge in [-0.2, -0.15) is 8.75 Å². The summed E-state index contributed by atoms with van der Waals surface area (Å²) in [5.74, 6) is -1.24. The minimum Gasteiger partial charge on any atom is -0.301 e. The van der Waals surface area contributed by atoms with E-state index in [1.54, 1.807) is 36.4 Å². The zero-order chi connectivity index (χ0) is 17.1. The summed E-state index contributed by atoms with van der Waals surface area (Å²) in [4.78, 5) is 24.3. The highest BCUT2D eigenvalue weighted by Crippen LogP contribution is 2.27. The third-order valence-electron chi connectivity index (χ3n) is 3.15. The highest BCUT2D eigenvalue weighted by atomic mass is 35.5. The number of aromatic nitrogens is 2. The Hall–Kier alpha value is -2.28. The fourth-order valence-corrected chi connectivity index (χ4v) is 2.74. The lowest BCUT2D eigenvalue weighted by Gasteiger charge is -2.04. The molecular formula is C16H9Cl2N3O2S. The number of halogens is 2. The van der Waals surface area contributed by atoms with Crippen molar-refractivity contribution < 1.29 is 9.59 Å². The van der Waals surface area contributed by atoms with Gasteiger partial charge in [0.2, 0.25) is 0 Å². The molecular weight excluding hydrogens is 369 g/mol. The highest BCUT2D eigenvalue weighted by Gasteiger charge is 2.20. The van der Waals surface area contributed by atoms with Gasteiger partial charge in [0.25, 0.3) is 11.7 Å². The largest absolute Gasteiger partial charge is 0.301 e. The van der Waals surface area contributed by atoms with E-state index in [9.17, 15) is 9.59 Å². The van der Waals surface area contributed by atoms with E-state index in [-0.39, 0.29) is 11.4 Å². The number of nitrogens with zero attached hydrogens (tertiary/aromatic N) is 2. The van der Waals surface area contributed by atoms with Crippen molar-refractivity contribution in [2.24, 2.45) is 0 Å². The maximum Gasteiger partial charge on any atom is 0.298 e. The molecule has 5 nitrogen and oxygen atoms in total. The van der Waals surface area contributed by atoms with E-state index in [1.165, 1.54) is 12.1 Å². The Balaban J connectivity index is 1.80. The van der Waals surface area contributed by atoms with Gasteiger partial charge in [0.15, 0.2) is 5.82 Å². The Kier molecular flexibility index (Phi) is 4.89. The first-order chi connectivity index (χ1) is 11.5. The maximum absolute atomic E-state index is 12.2. The molecule has 3 rings (SSSR count). The van der Waals surface area contributed by atoms with Crippen molar-refractivity contribution in [2.45, 2.75) is 0 Å². The molecule has 1 aromatic heterocycles. The van der Waals surface area contributed by atoms with Crippen LogP contribution in [0, 0.1) is 0 Å². The lowest BCUT2D eigenvalue weighted by atomic mass is 10.1. The minimum atomic E-state index is -0.791. The highest BCUT2D eigenvalue weighted by molar-refractivity contribution is 6.99. The number of Topliss-reactive ketones (excluding diaryl/α,β-unsaturated/α-hetero) is 1. The number of amides is 1. The van der Waals surface area contributed by atoms with E-state index < -0.39 is 11.7 Å². The molecule has 2 aromatic carbocycles. The second kappa shape index (κ2) is 7.09. The topological polar surface area (TPSA) is 72.0 Å². The fourth-order valence-electron chi connectivity index (χ4n) is 1.96. The van der Waals surface area contributed by atoms with E-state index in [2.05, 4.69) is 14.1 Å². The molecule has 8 heteroatoms. The monoisotopic (exact) mass is 377 g/mol. The lowest BCUT2D eigenvalue weighted by Crippen LogP contribution is -2.23. The van der Waals surface area contributed by atoms with Crippen molar-refractivity contribution >= 4 is 52.4 Å². The molecule has 0 bridgehead atoms. The van der Waals surface area contributed by atoms with Crippen molar-refractivity contribution in [3.05, 3.63) is 64.1 Å². The first-order valence-corrected chi connectivity index (χ1v) is 8.23. The predicted octanol–water partition coefficient (Wildman–Crippen LogP) is 4.33. The molecule has 120 valence electrons. The van der Waals surface area contributed by atoms with Gasteiger partial charge < -0.3 is 5.32 Å². The van der Waals surface area contributed by atoms with Crippen LogP contribution in [0.4, 0.5) is 5.82 Å².